The number of carbonyl (C=O) groups is 10. The van der Waals surface area contributed by atoms with Crippen molar-refractivity contribution in [3.8, 4) is 0 Å². The van der Waals surface area contributed by atoms with Gasteiger partial charge in [-0.15, -0.1) is 0 Å². The van der Waals surface area contributed by atoms with Crippen LogP contribution >= 0.6 is 0 Å². The van der Waals surface area contributed by atoms with Gasteiger partial charge < -0.3 is 96.5 Å². The van der Waals surface area contributed by atoms with Crippen LogP contribution in [-0.4, -0.2) is 231 Å². The van der Waals surface area contributed by atoms with E-state index in [4.69, 9.17) is 50.6 Å². The van der Waals surface area contributed by atoms with Gasteiger partial charge in [-0.2, -0.15) is 0 Å². The van der Waals surface area contributed by atoms with Crippen molar-refractivity contribution in [2.45, 2.75) is 187 Å². The average Bonchev–Trinajstić information content (AvgIpc) is 3.61. The molecule has 0 rings (SSSR count). The highest BCUT2D eigenvalue weighted by atomic mass is 16.2. The minimum atomic E-state index is -0.805. The monoisotopic (exact) mass is 1260 g/mol. The summed E-state index contributed by atoms with van der Waals surface area (Å²) in [7, 11) is 0. The minimum absolute atomic E-state index is 0.000548. The maximum absolute atomic E-state index is 13.8. The van der Waals surface area contributed by atoms with Crippen LogP contribution in [-0.2, 0) is 47.9 Å². The van der Waals surface area contributed by atoms with Crippen molar-refractivity contribution in [1.82, 2.24) is 62.1 Å². The van der Waals surface area contributed by atoms with E-state index in [9.17, 15) is 47.9 Å². The number of unbranched alkanes of at least 4 members (excludes halogenated alkanes) is 5. The first-order valence-electron chi connectivity index (χ1n) is 31.7. The molecule has 7 amide bonds. The molecule has 0 radical (unpaired) electrons. The lowest BCUT2D eigenvalue weighted by atomic mass is 10.1. The van der Waals surface area contributed by atoms with E-state index in [1.54, 1.807) is 27.7 Å². The third-order valence-corrected chi connectivity index (χ3v) is 14.5. The molecule has 510 valence electrons. The molecule has 31 heteroatoms. The van der Waals surface area contributed by atoms with Crippen LogP contribution in [0.5, 0.6) is 0 Å². The zero-order valence-electron chi connectivity index (χ0n) is 54.0. The molecule has 0 saturated heterocycles. The van der Waals surface area contributed by atoms with Gasteiger partial charge in [-0.1, -0.05) is 47.0 Å². The number of carbonyl (C=O) groups excluding carboxylic acids is 10. The quantitative estimate of drug-likeness (QED) is 0.0166. The predicted molar refractivity (Wildman–Crippen MR) is 344 cm³/mol. The maximum Gasteiger partial charge on any atom is 0.239 e. The fourth-order valence-corrected chi connectivity index (χ4v) is 9.57. The number of hydrogen-bond acceptors (Lipinski definition) is 18. The molecule has 23 N–H and O–H groups in total. The highest BCUT2D eigenvalue weighted by Crippen LogP contribution is 2.11. The first-order valence-corrected chi connectivity index (χ1v) is 31.7. The molecule has 0 saturated carbocycles. The van der Waals surface area contributed by atoms with Crippen LogP contribution < -0.4 is 76.9 Å². The third-order valence-electron chi connectivity index (χ3n) is 14.5. The molecule has 0 aliphatic heterocycles. The van der Waals surface area contributed by atoms with Crippen molar-refractivity contribution in [3.05, 3.63) is 0 Å². The van der Waals surface area contributed by atoms with Gasteiger partial charge in [0.15, 0.2) is 29.4 Å². The van der Waals surface area contributed by atoms with Crippen molar-refractivity contribution in [1.29, 1.82) is 16.2 Å². The normalized spacial score (nSPS) is 12.6. The fourth-order valence-electron chi connectivity index (χ4n) is 9.57. The largest absolute Gasteiger partial charge is 0.370 e. The molecule has 0 aromatic rings. The zero-order chi connectivity index (χ0) is 67.1. The molecule has 0 heterocycles. The van der Waals surface area contributed by atoms with E-state index in [2.05, 4.69) is 42.5 Å². The SMILES string of the molecule is CCC(=O)N(CCNC(=O)CN(C[C@H](CCCCNC(=N)N)NCC(=O)CN(C[C@H](CCCCNC(=N)N)NC(=O)[C@@H](N)CCCCN)C(=O)CC)C(=O)CC)CC(=O)N[C@@H](CCCCNC(=N)N)CN(CC(=O)CN[C@@H](CCCCN)C(C)=O)C(=O)CC. The molecular weight excluding hydrogens is 1150 g/mol. The van der Waals surface area contributed by atoms with Gasteiger partial charge in [0.1, 0.15) is 5.78 Å². The van der Waals surface area contributed by atoms with Crippen molar-refractivity contribution in [2.75, 3.05) is 105 Å². The second-order valence-electron chi connectivity index (χ2n) is 22.3. The molecule has 5 atom stereocenters. The van der Waals surface area contributed by atoms with Gasteiger partial charge in [0.05, 0.1) is 51.4 Å². The lowest BCUT2D eigenvalue weighted by Crippen LogP contribution is -2.52. The molecule has 0 aliphatic rings. The topological polar surface area (TPSA) is 508 Å². The molecule has 0 aliphatic carbocycles. The van der Waals surface area contributed by atoms with E-state index in [0.717, 1.165) is 6.42 Å². The maximum atomic E-state index is 13.8. The third kappa shape index (κ3) is 41.0. The van der Waals surface area contributed by atoms with Crippen molar-refractivity contribution < 1.29 is 47.9 Å². The van der Waals surface area contributed by atoms with Crippen LogP contribution in [0.15, 0.2) is 0 Å². The average molecular weight is 1260 g/mol. The van der Waals surface area contributed by atoms with Gasteiger partial charge >= 0.3 is 0 Å². The van der Waals surface area contributed by atoms with Crippen LogP contribution in [0.3, 0.4) is 0 Å². The Labute approximate surface area is 527 Å². The van der Waals surface area contributed by atoms with Gasteiger partial charge in [0.25, 0.3) is 0 Å². The highest BCUT2D eigenvalue weighted by Gasteiger charge is 2.28. The van der Waals surface area contributed by atoms with Crippen molar-refractivity contribution in [2.24, 2.45) is 34.4 Å². The Kier molecular flexibility index (Phi) is 45.8. The Morgan fingerprint density at radius 1 is 0.427 bits per heavy atom. The van der Waals surface area contributed by atoms with E-state index >= 15 is 0 Å². The molecule has 89 heavy (non-hydrogen) atoms. The highest BCUT2D eigenvalue weighted by molar-refractivity contribution is 5.90. The second-order valence-corrected chi connectivity index (χ2v) is 22.3. The zero-order valence-corrected chi connectivity index (χ0v) is 54.0. The van der Waals surface area contributed by atoms with Gasteiger partial charge in [-0.25, -0.2) is 0 Å². The summed E-state index contributed by atoms with van der Waals surface area (Å²) in [6, 6.07) is -3.12. The molecule has 31 nitrogen and oxygen atoms in total. The number of Topliss-reactive ketones (excluding diaryl/α,β-unsaturated/α-hetero) is 3. The van der Waals surface area contributed by atoms with Crippen LogP contribution in [0.2, 0.25) is 0 Å². The second kappa shape index (κ2) is 49.7. The molecule has 0 bridgehead atoms. The standard InChI is InChI=1S/C58H113N21O10/c1-6-51(85)76(40-50(84)74-43(21-13-18-28-70-57(64)65)35-77(52(86)7-2)38-46(82)33-73-48(41(5)80)24-11-16-26-60)31-30-68-49(83)39-79(54(88)9-4)34-42(20-12-17-27-69-56(62)63)72-32-45(81)37-78(53(87)8-3)36-44(22-14-19-29-71-58(66)67)75-55(89)47(61)23-10-15-25-59/h42-44,47-48,72-73H,6-40,59-61H2,1-5H3,(H,68,83)(H,74,84)(H,75,89)(H4,62,63,69)(H4,64,65,70)(H4,66,67,71)/t42-,43-,44-,47-,48-/m0/s1. The van der Waals surface area contributed by atoms with Crippen molar-refractivity contribution in [3.63, 3.8) is 0 Å². The van der Waals surface area contributed by atoms with Crippen LogP contribution in [0, 0.1) is 16.2 Å². The summed E-state index contributed by atoms with van der Waals surface area (Å²) in [4.78, 5) is 139. The van der Waals surface area contributed by atoms with Gasteiger partial charge in [0.2, 0.25) is 41.4 Å². The van der Waals surface area contributed by atoms with Gasteiger partial charge in [0, 0.05) is 96.2 Å². The van der Waals surface area contributed by atoms with E-state index in [1.807, 2.05) is 0 Å². The Bertz CT molecular complexity index is 2190. The van der Waals surface area contributed by atoms with Gasteiger partial charge in [-0.3, -0.25) is 64.2 Å². The number of nitrogens with zero attached hydrogens (tertiary/aromatic N) is 4. The smallest absolute Gasteiger partial charge is 0.239 e. The summed E-state index contributed by atoms with van der Waals surface area (Å²) < 4.78 is 0. The van der Waals surface area contributed by atoms with Crippen LogP contribution in [0.1, 0.15) is 157 Å². The Balaban J connectivity index is 6.34. The summed E-state index contributed by atoms with van der Waals surface area (Å²) in [5.41, 5.74) is 33.8. The molecular formula is C58H113N21O10. The minimum Gasteiger partial charge on any atom is -0.370 e. The molecule has 0 aromatic heterocycles. The molecule has 0 fully saturated rings. The van der Waals surface area contributed by atoms with Crippen LogP contribution in [0.25, 0.3) is 0 Å². The van der Waals surface area contributed by atoms with Crippen molar-refractivity contribution >= 4 is 76.6 Å². The number of hydrogen-bond donors (Lipinski definition) is 17. The van der Waals surface area contributed by atoms with Gasteiger partial charge in [-0.05, 0) is 97.1 Å². The van der Waals surface area contributed by atoms with E-state index in [0.29, 0.717) is 123 Å². The Morgan fingerprint density at radius 2 is 0.809 bits per heavy atom. The number of nitrogens with two attached hydrogens (primary N) is 6. The first-order chi connectivity index (χ1) is 42.3. The van der Waals surface area contributed by atoms with E-state index in [1.165, 1.54) is 26.5 Å². The summed E-state index contributed by atoms with van der Waals surface area (Å²) >= 11 is 0. The predicted octanol–water partition coefficient (Wildman–Crippen LogP) is -2.78. The molecule has 0 aromatic carbocycles. The van der Waals surface area contributed by atoms with E-state index in [-0.39, 0.29) is 144 Å². The lowest BCUT2D eigenvalue weighted by Gasteiger charge is -2.30. The summed E-state index contributed by atoms with van der Waals surface area (Å²) in [5, 5.41) is 45.6. The Morgan fingerprint density at radius 3 is 1.25 bits per heavy atom. The number of amides is 7. The summed E-state index contributed by atoms with van der Waals surface area (Å²) in [6.07, 6.45) is 8.54. The van der Waals surface area contributed by atoms with Crippen LogP contribution in [0.4, 0.5) is 0 Å². The molecule has 0 spiro atoms. The summed E-state index contributed by atoms with van der Waals surface area (Å²) in [6.45, 7) is 8.20. The van der Waals surface area contributed by atoms with E-state index < -0.39 is 60.4 Å². The number of rotatable bonds is 54. The number of nitrogens with one attached hydrogen (secondary N) is 11. The number of ketones is 3. The summed E-state index contributed by atoms with van der Waals surface area (Å²) in [5.74, 6) is -4.31. The number of guanidine groups is 3. The fraction of sp³-hybridized carbons (Fsp3) is 0.776. The molecule has 0 unspecified atom stereocenters. The Hall–Kier alpha value is -7.09. The first kappa shape index (κ1) is 81.9. The lowest BCUT2D eigenvalue weighted by molar-refractivity contribution is -0.137.